The van der Waals surface area contributed by atoms with E-state index in [0.29, 0.717) is 18.8 Å². The van der Waals surface area contributed by atoms with Crippen molar-refractivity contribution in [2.24, 2.45) is 0 Å². The molecule has 4 rings (SSSR count). The van der Waals surface area contributed by atoms with Crippen molar-refractivity contribution in [1.29, 1.82) is 0 Å². The third-order valence-corrected chi connectivity index (χ3v) is 4.76. The quantitative estimate of drug-likeness (QED) is 0.906. The van der Waals surface area contributed by atoms with Crippen LogP contribution in [0.1, 0.15) is 29.4 Å². The van der Waals surface area contributed by atoms with Gasteiger partial charge >= 0.3 is 6.03 Å². The number of carbonyl (C=O) groups excluding carboxylic acids is 2. The average Bonchev–Trinajstić information content (AvgIpc) is 3.27. The van der Waals surface area contributed by atoms with Crippen molar-refractivity contribution in [3.8, 4) is 0 Å². The van der Waals surface area contributed by atoms with E-state index in [0.717, 1.165) is 25.9 Å². The highest BCUT2D eigenvalue weighted by Crippen LogP contribution is 2.22. The fourth-order valence-corrected chi connectivity index (χ4v) is 3.18. The molecule has 1 aromatic carbocycles. The first-order valence-electron chi connectivity index (χ1n) is 8.63. The molecule has 2 fully saturated rings. The summed E-state index contributed by atoms with van der Waals surface area (Å²) in [5, 5.41) is 10.5. The lowest BCUT2D eigenvalue weighted by Crippen LogP contribution is -2.52. The third kappa shape index (κ3) is 3.12. The van der Waals surface area contributed by atoms with Gasteiger partial charge in [0.05, 0.1) is 17.9 Å². The van der Waals surface area contributed by atoms with E-state index in [1.807, 2.05) is 0 Å². The summed E-state index contributed by atoms with van der Waals surface area (Å²) in [6, 6.07) is 5.64. The summed E-state index contributed by atoms with van der Waals surface area (Å²) in [7, 11) is 0. The molecule has 0 bridgehead atoms. The van der Waals surface area contributed by atoms with Gasteiger partial charge in [0.2, 0.25) is 0 Å². The zero-order valence-electron chi connectivity index (χ0n) is 14.1. The maximum absolute atomic E-state index is 13.6. The summed E-state index contributed by atoms with van der Waals surface area (Å²) in [4.78, 5) is 27.8. The lowest BCUT2D eigenvalue weighted by Gasteiger charge is -2.38. The Kier molecular flexibility index (Phi) is 4.27. The average molecular weight is 358 g/mol. The van der Waals surface area contributed by atoms with Crippen molar-refractivity contribution in [3.05, 3.63) is 42.0 Å². The molecule has 26 heavy (non-hydrogen) atoms. The summed E-state index contributed by atoms with van der Waals surface area (Å²) in [5.41, 5.74) is 0.487. The van der Waals surface area contributed by atoms with Gasteiger partial charge in [0, 0.05) is 26.2 Å². The van der Waals surface area contributed by atoms with Crippen LogP contribution in [0.2, 0.25) is 0 Å². The summed E-state index contributed by atoms with van der Waals surface area (Å²) in [5.74, 6) is -0.568. The van der Waals surface area contributed by atoms with Crippen LogP contribution < -0.4 is 5.32 Å². The largest absolute Gasteiger partial charge is 0.337 e. The molecule has 3 heterocycles. The van der Waals surface area contributed by atoms with Crippen molar-refractivity contribution in [1.82, 2.24) is 24.8 Å². The number of likely N-dealkylation sites (tertiary alicyclic amines) is 2. The monoisotopic (exact) mass is 358 g/mol. The predicted molar refractivity (Wildman–Crippen MR) is 91.2 cm³/mol. The van der Waals surface area contributed by atoms with Crippen LogP contribution >= 0.6 is 0 Å². The van der Waals surface area contributed by atoms with Gasteiger partial charge in [0.25, 0.3) is 5.91 Å². The van der Waals surface area contributed by atoms with E-state index in [1.54, 1.807) is 32.8 Å². The number of carbonyl (C=O) groups is 2. The Morgan fingerprint density at radius 1 is 1.12 bits per heavy atom. The van der Waals surface area contributed by atoms with Crippen LogP contribution in [-0.4, -0.2) is 62.9 Å². The summed E-state index contributed by atoms with van der Waals surface area (Å²) < 4.78 is 15.2. The molecule has 0 atom stereocenters. The molecule has 0 unspecified atom stereocenters. The molecule has 2 aliphatic heterocycles. The predicted octanol–water partition coefficient (Wildman–Crippen LogP) is 1.74. The van der Waals surface area contributed by atoms with Crippen LogP contribution in [0.5, 0.6) is 0 Å². The highest BCUT2D eigenvalue weighted by molar-refractivity contribution is 5.92. The number of benzene rings is 1. The number of aromatic nitrogens is 3. The lowest BCUT2D eigenvalue weighted by atomic mass is 10.1. The first-order chi connectivity index (χ1) is 12.6. The molecule has 2 aromatic rings. The van der Waals surface area contributed by atoms with Gasteiger partial charge in [-0.25, -0.2) is 13.9 Å². The number of nitrogens with one attached hydrogen (secondary N) is 1. The Balaban J connectivity index is 1.33. The number of para-hydroxylation sites is 1. The minimum atomic E-state index is -0.473. The van der Waals surface area contributed by atoms with Crippen molar-refractivity contribution in [3.63, 3.8) is 0 Å². The number of halogens is 1. The van der Waals surface area contributed by atoms with E-state index in [9.17, 15) is 14.0 Å². The van der Waals surface area contributed by atoms with Crippen molar-refractivity contribution < 1.29 is 14.0 Å². The molecule has 0 radical (unpaired) electrons. The van der Waals surface area contributed by atoms with Crippen LogP contribution in [0.4, 0.5) is 14.9 Å². The molecule has 2 saturated heterocycles. The fourth-order valence-electron chi connectivity index (χ4n) is 3.18. The van der Waals surface area contributed by atoms with E-state index < -0.39 is 5.82 Å². The molecule has 1 aromatic heterocycles. The van der Waals surface area contributed by atoms with E-state index in [2.05, 4.69) is 15.6 Å². The molecule has 0 aliphatic carbocycles. The molecular formula is C17H19FN6O2. The van der Waals surface area contributed by atoms with Gasteiger partial charge in [-0.3, -0.25) is 4.79 Å². The van der Waals surface area contributed by atoms with E-state index >= 15 is 0 Å². The summed E-state index contributed by atoms with van der Waals surface area (Å²) in [6.07, 6.45) is 3.68. The molecule has 0 saturated carbocycles. The zero-order valence-corrected chi connectivity index (χ0v) is 14.1. The fraction of sp³-hybridized carbons (Fsp3) is 0.412. The maximum Gasteiger partial charge on any atom is 0.322 e. The van der Waals surface area contributed by atoms with Crippen molar-refractivity contribution in [2.75, 3.05) is 31.5 Å². The molecule has 136 valence electrons. The van der Waals surface area contributed by atoms with Crippen LogP contribution in [-0.2, 0) is 0 Å². The van der Waals surface area contributed by atoms with Gasteiger partial charge in [-0.15, -0.1) is 5.10 Å². The minimum absolute atomic E-state index is 0.0333. The summed E-state index contributed by atoms with van der Waals surface area (Å²) in [6.45, 7) is 2.39. The Labute approximate surface area is 149 Å². The molecule has 0 spiro atoms. The molecule has 3 amide bonds. The molecule has 1 N–H and O–H groups in total. The van der Waals surface area contributed by atoms with Crippen LogP contribution in [0.25, 0.3) is 0 Å². The van der Waals surface area contributed by atoms with Gasteiger partial charge in [-0.05, 0) is 25.0 Å². The van der Waals surface area contributed by atoms with Gasteiger partial charge in [-0.1, -0.05) is 17.3 Å². The number of amides is 3. The van der Waals surface area contributed by atoms with Crippen molar-refractivity contribution >= 4 is 17.6 Å². The second kappa shape index (κ2) is 6.74. The zero-order chi connectivity index (χ0) is 18.1. The van der Waals surface area contributed by atoms with Gasteiger partial charge in [0.1, 0.15) is 5.82 Å². The SMILES string of the molecule is O=C(Nc1ccccc1F)N1CC(n2cc(C(=O)N3CCCC3)nn2)C1. The second-order valence-electron chi connectivity index (χ2n) is 6.55. The number of nitrogens with zero attached hydrogens (tertiary/aromatic N) is 5. The number of urea groups is 1. The topological polar surface area (TPSA) is 83.4 Å². The minimum Gasteiger partial charge on any atom is -0.337 e. The van der Waals surface area contributed by atoms with E-state index in [4.69, 9.17) is 0 Å². The van der Waals surface area contributed by atoms with Crippen LogP contribution in [0.3, 0.4) is 0 Å². The van der Waals surface area contributed by atoms with Crippen molar-refractivity contribution in [2.45, 2.75) is 18.9 Å². The highest BCUT2D eigenvalue weighted by atomic mass is 19.1. The standard InChI is InChI=1S/C17H19FN6O2/c18-13-5-1-2-6-14(13)19-17(26)23-9-12(10-23)24-11-15(20-21-24)16(25)22-7-3-4-8-22/h1-2,5-6,11-12H,3-4,7-10H2,(H,19,26). The number of hydrogen-bond acceptors (Lipinski definition) is 4. The highest BCUT2D eigenvalue weighted by Gasteiger charge is 2.34. The van der Waals surface area contributed by atoms with Gasteiger partial charge in [0.15, 0.2) is 5.69 Å². The molecule has 8 nitrogen and oxygen atoms in total. The number of anilines is 1. The van der Waals surface area contributed by atoms with E-state index in [1.165, 1.54) is 12.1 Å². The normalized spacial score (nSPS) is 17.3. The Hall–Kier alpha value is -2.97. The van der Waals surface area contributed by atoms with Gasteiger partial charge in [-0.2, -0.15) is 0 Å². The van der Waals surface area contributed by atoms with Crippen LogP contribution in [0, 0.1) is 5.82 Å². The summed E-state index contributed by atoms with van der Waals surface area (Å²) >= 11 is 0. The molecule has 9 heteroatoms. The third-order valence-electron chi connectivity index (χ3n) is 4.76. The molecule has 2 aliphatic rings. The first kappa shape index (κ1) is 16.5. The number of rotatable bonds is 3. The Morgan fingerprint density at radius 2 is 1.85 bits per heavy atom. The first-order valence-corrected chi connectivity index (χ1v) is 8.63. The maximum atomic E-state index is 13.6. The Bertz CT molecular complexity index is 826. The van der Waals surface area contributed by atoms with Gasteiger partial charge < -0.3 is 15.1 Å². The smallest absolute Gasteiger partial charge is 0.322 e. The second-order valence-corrected chi connectivity index (χ2v) is 6.55. The molecular weight excluding hydrogens is 339 g/mol. The van der Waals surface area contributed by atoms with Crippen LogP contribution in [0.15, 0.2) is 30.5 Å². The Morgan fingerprint density at radius 3 is 2.58 bits per heavy atom. The lowest BCUT2D eigenvalue weighted by molar-refractivity contribution is 0.0786. The van der Waals surface area contributed by atoms with E-state index in [-0.39, 0.29) is 23.7 Å². The number of hydrogen-bond donors (Lipinski definition) is 1.